The van der Waals surface area contributed by atoms with Crippen molar-refractivity contribution in [2.45, 2.75) is 0 Å². The molecular formula is C9H7N3O5. The summed E-state index contributed by atoms with van der Waals surface area (Å²) in [5.41, 5.74) is 0.221. The highest BCUT2D eigenvalue weighted by Gasteiger charge is 2.46. The lowest BCUT2D eigenvalue weighted by Gasteiger charge is -2.38. The van der Waals surface area contributed by atoms with Gasteiger partial charge in [-0.2, -0.15) is 5.01 Å². The number of non-ortho nitro benzene ring substituents is 1. The van der Waals surface area contributed by atoms with Crippen molar-refractivity contribution >= 4 is 23.2 Å². The lowest BCUT2D eigenvalue weighted by atomic mass is 10.2. The van der Waals surface area contributed by atoms with Gasteiger partial charge in [-0.15, -0.1) is 5.17 Å². The van der Waals surface area contributed by atoms with Crippen LogP contribution in [0.1, 0.15) is 0 Å². The van der Waals surface area contributed by atoms with Gasteiger partial charge in [-0.05, 0) is 12.1 Å². The number of hydrazine groups is 1. The summed E-state index contributed by atoms with van der Waals surface area (Å²) in [6.07, 6.45) is 0. The van der Waals surface area contributed by atoms with Gasteiger partial charge < -0.3 is 0 Å². The van der Waals surface area contributed by atoms with Crippen LogP contribution in [0.2, 0.25) is 0 Å². The lowest BCUT2D eigenvalue weighted by Crippen LogP contribution is -2.65. The Morgan fingerprint density at radius 1 is 1.18 bits per heavy atom. The van der Waals surface area contributed by atoms with E-state index in [0.29, 0.717) is 5.69 Å². The number of nitro benzene ring substituents is 1. The molecule has 0 unspecified atom stereocenters. The van der Waals surface area contributed by atoms with Gasteiger partial charge in [0.1, 0.15) is 0 Å². The fraction of sp³-hybridized carbons (Fsp3) is 0.111. The quantitative estimate of drug-likeness (QED) is 0.426. The van der Waals surface area contributed by atoms with E-state index in [1.807, 2.05) is 0 Å². The molecule has 17 heavy (non-hydrogen) atoms. The van der Waals surface area contributed by atoms with Crippen molar-refractivity contribution < 1.29 is 19.3 Å². The first-order valence-electron chi connectivity index (χ1n) is 4.53. The molecule has 1 saturated heterocycles. The Morgan fingerprint density at radius 3 is 2.24 bits per heavy atom. The van der Waals surface area contributed by atoms with E-state index in [0.717, 1.165) is 10.2 Å². The standard InChI is InChI=1S/C9H7N3O5/c1-17-11-9(14)8(13)10(11)6-2-4-7(5-3-6)12(15)16/h2-5H,1H3. The average molecular weight is 237 g/mol. The van der Waals surface area contributed by atoms with Gasteiger partial charge in [0.2, 0.25) is 0 Å². The van der Waals surface area contributed by atoms with Gasteiger partial charge in [-0.3, -0.25) is 24.5 Å². The van der Waals surface area contributed by atoms with Crippen LogP contribution in [0.25, 0.3) is 0 Å². The minimum absolute atomic E-state index is 0.1000. The Labute approximate surface area is 95.1 Å². The van der Waals surface area contributed by atoms with Crippen molar-refractivity contribution in [1.29, 1.82) is 0 Å². The number of hydroxylamine groups is 1. The molecule has 0 aromatic heterocycles. The normalized spacial score (nSPS) is 14.9. The molecule has 1 fully saturated rings. The van der Waals surface area contributed by atoms with E-state index >= 15 is 0 Å². The van der Waals surface area contributed by atoms with Gasteiger partial charge >= 0.3 is 11.8 Å². The van der Waals surface area contributed by atoms with Gasteiger partial charge in [-0.25, -0.2) is 0 Å². The van der Waals surface area contributed by atoms with E-state index in [1.54, 1.807) is 0 Å². The van der Waals surface area contributed by atoms with Gasteiger partial charge in [-0.1, -0.05) is 0 Å². The highest BCUT2D eigenvalue weighted by atomic mass is 16.7. The molecule has 1 aromatic rings. The number of nitrogens with zero attached hydrogens (tertiary/aromatic N) is 3. The average Bonchev–Trinajstić information content (AvgIpc) is 2.34. The number of carbonyl (C=O) groups excluding carboxylic acids is 2. The first-order chi connectivity index (χ1) is 8.06. The number of anilines is 1. The number of carbonyl (C=O) groups is 2. The molecule has 0 radical (unpaired) electrons. The predicted octanol–water partition coefficient (Wildman–Crippen LogP) is 0.246. The molecule has 88 valence electrons. The third kappa shape index (κ3) is 1.60. The smallest absolute Gasteiger partial charge is 0.261 e. The molecule has 1 aliphatic heterocycles. The summed E-state index contributed by atoms with van der Waals surface area (Å²) < 4.78 is 0. The molecule has 2 amide bonds. The van der Waals surface area contributed by atoms with Crippen LogP contribution in [0.5, 0.6) is 0 Å². The van der Waals surface area contributed by atoms with Crippen LogP contribution in [-0.4, -0.2) is 29.0 Å². The summed E-state index contributed by atoms with van der Waals surface area (Å²) in [7, 11) is 1.24. The van der Waals surface area contributed by atoms with E-state index in [9.17, 15) is 19.7 Å². The zero-order chi connectivity index (χ0) is 12.6. The number of amides is 2. The number of benzene rings is 1. The molecule has 8 heteroatoms. The molecule has 0 saturated carbocycles. The molecule has 1 aromatic carbocycles. The number of nitro groups is 1. The maximum atomic E-state index is 11.3. The van der Waals surface area contributed by atoms with E-state index in [4.69, 9.17) is 0 Å². The second-order valence-electron chi connectivity index (χ2n) is 3.15. The van der Waals surface area contributed by atoms with Crippen LogP contribution < -0.4 is 5.01 Å². The summed E-state index contributed by atoms with van der Waals surface area (Å²) in [6, 6.07) is 5.18. The van der Waals surface area contributed by atoms with E-state index < -0.39 is 16.7 Å². The minimum Gasteiger partial charge on any atom is -0.261 e. The fourth-order valence-electron chi connectivity index (χ4n) is 1.40. The van der Waals surface area contributed by atoms with Crippen molar-refractivity contribution in [1.82, 2.24) is 5.17 Å². The van der Waals surface area contributed by atoms with Crippen LogP contribution in [0, 0.1) is 10.1 Å². The van der Waals surface area contributed by atoms with Crippen LogP contribution in [0.15, 0.2) is 24.3 Å². The van der Waals surface area contributed by atoms with E-state index in [1.165, 1.54) is 31.4 Å². The summed E-state index contributed by atoms with van der Waals surface area (Å²) in [4.78, 5) is 36.9. The number of rotatable bonds is 3. The van der Waals surface area contributed by atoms with Crippen LogP contribution in [-0.2, 0) is 14.4 Å². The summed E-state index contributed by atoms with van der Waals surface area (Å²) in [5, 5.41) is 12.2. The second kappa shape index (κ2) is 3.83. The first-order valence-corrected chi connectivity index (χ1v) is 4.53. The minimum atomic E-state index is -0.786. The van der Waals surface area contributed by atoms with Crippen molar-refractivity contribution in [3.8, 4) is 0 Å². The highest BCUT2D eigenvalue weighted by molar-refractivity contribution is 6.46. The molecule has 0 spiro atoms. The summed E-state index contributed by atoms with van der Waals surface area (Å²) in [5.74, 6) is -1.54. The lowest BCUT2D eigenvalue weighted by molar-refractivity contribution is -0.384. The maximum absolute atomic E-state index is 11.3. The van der Waals surface area contributed by atoms with Gasteiger partial charge in [0.05, 0.1) is 17.7 Å². The van der Waals surface area contributed by atoms with Crippen molar-refractivity contribution in [3.63, 3.8) is 0 Å². The molecule has 1 aliphatic rings. The van der Waals surface area contributed by atoms with E-state index in [2.05, 4.69) is 4.84 Å². The summed E-state index contributed by atoms with van der Waals surface area (Å²) >= 11 is 0. The molecule has 0 N–H and O–H groups in total. The molecule has 8 nitrogen and oxygen atoms in total. The Morgan fingerprint density at radius 2 is 1.76 bits per heavy atom. The zero-order valence-electron chi connectivity index (χ0n) is 8.69. The van der Waals surface area contributed by atoms with E-state index in [-0.39, 0.29) is 5.69 Å². The Bertz CT molecular complexity index is 498. The number of hydrogen-bond acceptors (Lipinski definition) is 5. The van der Waals surface area contributed by atoms with Gasteiger partial charge in [0.15, 0.2) is 0 Å². The van der Waals surface area contributed by atoms with Crippen LogP contribution in [0.4, 0.5) is 11.4 Å². The fourth-order valence-corrected chi connectivity index (χ4v) is 1.40. The Hall–Kier alpha value is -2.48. The first kappa shape index (κ1) is 11.0. The molecule has 0 bridgehead atoms. The molecule has 2 rings (SSSR count). The maximum Gasteiger partial charge on any atom is 0.358 e. The topological polar surface area (TPSA) is 93.0 Å². The van der Waals surface area contributed by atoms with Crippen molar-refractivity contribution in [3.05, 3.63) is 34.4 Å². The third-order valence-electron chi connectivity index (χ3n) is 2.21. The van der Waals surface area contributed by atoms with Crippen LogP contribution in [0.3, 0.4) is 0 Å². The van der Waals surface area contributed by atoms with Gasteiger partial charge in [0, 0.05) is 12.1 Å². The zero-order valence-corrected chi connectivity index (χ0v) is 8.69. The second-order valence-corrected chi connectivity index (χ2v) is 3.15. The molecule has 0 atom stereocenters. The van der Waals surface area contributed by atoms with Gasteiger partial charge in [0.25, 0.3) is 5.69 Å². The monoisotopic (exact) mass is 237 g/mol. The van der Waals surface area contributed by atoms with Crippen molar-refractivity contribution in [2.75, 3.05) is 12.1 Å². The largest absolute Gasteiger partial charge is 0.358 e. The Balaban J connectivity index is 2.26. The molecule has 0 aliphatic carbocycles. The molecular weight excluding hydrogens is 230 g/mol. The Kier molecular flexibility index (Phi) is 2.48. The number of hydrogen-bond donors (Lipinski definition) is 0. The molecule has 1 heterocycles. The van der Waals surface area contributed by atoms with Crippen molar-refractivity contribution in [2.24, 2.45) is 0 Å². The highest BCUT2D eigenvalue weighted by Crippen LogP contribution is 2.26. The SMILES string of the molecule is CON1C(=O)C(=O)N1c1ccc([N+](=O)[O-])cc1. The summed E-state index contributed by atoms with van der Waals surface area (Å²) in [6.45, 7) is 0. The predicted molar refractivity (Wildman–Crippen MR) is 54.4 cm³/mol. The van der Waals surface area contributed by atoms with Crippen LogP contribution >= 0.6 is 0 Å². The third-order valence-corrected chi connectivity index (χ3v) is 2.21.